The molecule has 6 nitrogen and oxygen atoms in total. The predicted molar refractivity (Wildman–Crippen MR) is 110 cm³/mol. The Labute approximate surface area is 169 Å². The van der Waals surface area contributed by atoms with Crippen molar-refractivity contribution < 1.29 is 9.32 Å². The van der Waals surface area contributed by atoms with Crippen LogP contribution in [0.5, 0.6) is 0 Å². The summed E-state index contributed by atoms with van der Waals surface area (Å²) in [5, 5.41) is 6.87. The summed E-state index contributed by atoms with van der Waals surface area (Å²) in [7, 11) is 4.03. The molecule has 1 aromatic heterocycles. The molecule has 0 aliphatic rings. The van der Waals surface area contributed by atoms with Crippen LogP contribution in [-0.4, -0.2) is 41.6 Å². The van der Waals surface area contributed by atoms with Gasteiger partial charge < -0.3 is 14.7 Å². The highest BCUT2D eigenvalue weighted by molar-refractivity contribution is 7.98. The molecule has 1 unspecified atom stereocenters. The van der Waals surface area contributed by atoms with Gasteiger partial charge in [0.05, 0.1) is 17.4 Å². The molecule has 0 saturated carbocycles. The number of carbonyl (C=O) groups excluding carboxylic acids is 1. The van der Waals surface area contributed by atoms with E-state index in [4.69, 9.17) is 4.52 Å². The van der Waals surface area contributed by atoms with Crippen molar-refractivity contribution in [2.75, 3.05) is 20.6 Å². The van der Waals surface area contributed by atoms with Gasteiger partial charge in [0.25, 0.3) is 5.91 Å². The Bertz CT molecular complexity index is 912. The van der Waals surface area contributed by atoms with E-state index in [2.05, 4.69) is 32.5 Å². The molecule has 1 N–H and O–H groups in total. The van der Waals surface area contributed by atoms with Gasteiger partial charge in [0.15, 0.2) is 5.82 Å². The topological polar surface area (TPSA) is 71.3 Å². The standard InChI is InChI=1S/C21H24N4O2S/c1-15-23-20(27-24-15)14-28-19-12-8-7-11-17(19)21(26)22-13-18(25(2)3)16-9-5-4-6-10-16/h4-12,18H,13-14H2,1-3H3,(H,22,26). The molecule has 1 amide bonds. The minimum absolute atomic E-state index is 0.0902. The van der Waals surface area contributed by atoms with Crippen LogP contribution in [0.4, 0.5) is 0 Å². The van der Waals surface area contributed by atoms with Gasteiger partial charge in [0.2, 0.25) is 5.89 Å². The average Bonchev–Trinajstić information content (AvgIpc) is 3.12. The summed E-state index contributed by atoms with van der Waals surface area (Å²) in [5.74, 6) is 1.59. The minimum atomic E-state index is -0.0902. The number of aryl methyl sites for hydroxylation is 1. The van der Waals surface area contributed by atoms with Gasteiger partial charge in [-0.25, -0.2) is 0 Å². The van der Waals surface area contributed by atoms with Crippen molar-refractivity contribution in [3.05, 3.63) is 77.4 Å². The molecular formula is C21H24N4O2S. The van der Waals surface area contributed by atoms with Crippen LogP contribution >= 0.6 is 11.8 Å². The maximum Gasteiger partial charge on any atom is 0.252 e. The number of aromatic nitrogens is 2. The number of likely N-dealkylation sites (N-methyl/N-ethyl adjacent to an activating group) is 1. The molecule has 0 fully saturated rings. The number of benzene rings is 2. The summed E-state index contributed by atoms with van der Waals surface area (Å²) in [4.78, 5) is 20.0. The molecule has 0 saturated heterocycles. The molecule has 0 spiro atoms. The zero-order chi connectivity index (χ0) is 19.9. The highest BCUT2D eigenvalue weighted by Gasteiger charge is 2.17. The first-order valence-corrected chi connectivity index (χ1v) is 10.0. The maximum absolute atomic E-state index is 12.8. The molecule has 0 bridgehead atoms. The van der Waals surface area contributed by atoms with Crippen LogP contribution in [0.3, 0.4) is 0 Å². The van der Waals surface area contributed by atoms with Crippen molar-refractivity contribution in [3.8, 4) is 0 Å². The molecule has 7 heteroatoms. The average molecular weight is 397 g/mol. The van der Waals surface area contributed by atoms with Gasteiger partial charge in [-0.1, -0.05) is 47.6 Å². The highest BCUT2D eigenvalue weighted by Crippen LogP contribution is 2.26. The van der Waals surface area contributed by atoms with Crippen LogP contribution in [0, 0.1) is 6.92 Å². The zero-order valence-electron chi connectivity index (χ0n) is 16.3. The van der Waals surface area contributed by atoms with Gasteiger partial charge in [-0.15, -0.1) is 11.8 Å². The Morgan fingerprint density at radius 3 is 2.54 bits per heavy atom. The molecule has 2 aromatic carbocycles. The van der Waals surface area contributed by atoms with Crippen LogP contribution in [0.1, 0.15) is 33.7 Å². The smallest absolute Gasteiger partial charge is 0.252 e. The summed E-state index contributed by atoms with van der Waals surface area (Å²) in [5.41, 5.74) is 1.82. The number of amides is 1. The normalized spacial score (nSPS) is 12.1. The lowest BCUT2D eigenvalue weighted by Crippen LogP contribution is -2.34. The summed E-state index contributed by atoms with van der Waals surface area (Å²) in [6.07, 6.45) is 0. The van der Waals surface area contributed by atoms with Gasteiger partial charge >= 0.3 is 0 Å². The molecule has 28 heavy (non-hydrogen) atoms. The number of hydrogen-bond acceptors (Lipinski definition) is 6. The Morgan fingerprint density at radius 2 is 1.86 bits per heavy atom. The monoisotopic (exact) mass is 396 g/mol. The summed E-state index contributed by atoms with van der Waals surface area (Å²) < 4.78 is 5.15. The van der Waals surface area contributed by atoms with E-state index in [-0.39, 0.29) is 11.9 Å². The van der Waals surface area contributed by atoms with Gasteiger partial charge in [0.1, 0.15) is 0 Å². The molecular weight excluding hydrogens is 372 g/mol. The van der Waals surface area contributed by atoms with Crippen LogP contribution in [0.25, 0.3) is 0 Å². The van der Waals surface area contributed by atoms with Crippen LogP contribution in [0.2, 0.25) is 0 Å². The van der Waals surface area contributed by atoms with Crippen LogP contribution in [-0.2, 0) is 5.75 Å². The molecule has 3 aromatic rings. The number of thioether (sulfide) groups is 1. The summed E-state index contributed by atoms with van der Waals surface area (Å²) in [6.45, 7) is 2.31. The third-order valence-corrected chi connectivity index (χ3v) is 5.37. The van der Waals surface area contributed by atoms with Crippen molar-refractivity contribution in [3.63, 3.8) is 0 Å². The SMILES string of the molecule is Cc1noc(CSc2ccccc2C(=O)NCC(c2ccccc2)N(C)C)n1. The Balaban J connectivity index is 1.66. The van der Waals surface area contributed by atoms with Crippen molar-refractivity contribution in [1.29, 1.82) is 0 Å². The Hall–Kier alpha value is -2.64. The van der Waals surface area contributed by atoms with E-state index in [9.17, 15) is 4.79 Å². The number of rotatable bonds is 8. The highest BCUT2D eigenvalue weighted by atomic mass is 32.2. The maximum atomic E-state index is 12.8. The van der Waals surface area contributed by atoms with Crippen molar-refractivity contribution in [2.24, 2.45) is 0 Å². The second kappa shape index (κ2) is 9.52. The molecule has 1 atom stereocenters. The second-order valence-corrected chi connectivity index (χ2v) is 7.64. The van der Waals surface area contributed by atoms with Gasteiger partial charge in [-0.2, -0.15) is 4.98 Å². The van der Waals surface area contributed by atoms with Crippen molar-refractivity contribution >= 4 is 17.7 Å². The molecule has 0 aliphatic heterocycles. The van der Waals surface area contributed by atoms with Crippen molar-refractivity contribution in [2.45, 2.75) is 23.6 Å². The van der Waals surface area contributed by atoms with E-state index in [1.54, 1.807) is 6.92 Å². The fourth-order valence-electron chi connectivity index (χ4n) is 2.88. The van der Waals surface area contributed by atoms with Crippen LogP contribution in [0.15, 0.2) is 64.0 Å². The van der Waals surface area contributed by atoms with Gasteiger partial charge in [-0.05, 0) is 38.7 Å². The van der Waals surface area contributed by atoms with E-state index in [1.165, 1.54) is 17.3 Å². The predicted octanol–water partition coefficient (Wildman–Crippen LogP) is 3.70. The zero-order valence-corrected chi connectivity index (χ0v) is 17.1. The molecule has 3 rings (SSSR count). The van der Waals surface area contributed by atoms with E-state index in [1.807, 2.05) is 56.6 Å². The largest absolute Gasteiger partial charge is 0.350 e. The second-order valence-electron chi connectivity index (χ2n) is 6.62. The van der Waals surface area contributed by atoms with Gasteiger partial charge in [-0.3, -0.25) is 4.79 Å². The number of carbonyl (C=O) groups is 1. The fourth-order valence-corrected chi connectivity index (χ4v) is 3.76. The first-order valence-electron chi connectivity index (χ1n) is 9.05. The minimum Gasteiger partial charge on any atom is -0.350 e. The van der Waals surface area contributed by atoms with Gasteiger partial charge in [0, 0.05) is 11.4 Å². The van der Waals surface area contributed by atoms with E-state index in [0.717, 1.165) is 4.90 Å². The number of hydrogen-bond donors (Lipinski definition) is 1. The lowest BCUT2D eigenvalue weighted by molar-refractivity contribution is 0.0939. The molecule has 146 valence electrons. The number of nitrogens with one attached hydrogen (secondary N) is 1. The third kappa shape index (κ3) is 5.21. The first-order chi connectivity index (χ1) is 13.5. The first kappa shape index (κ1) is 20.1. The Kier molecular flexibility index (Phi) is 6.84. The molecule has 1 heterocycles. The third-order valence-electron chi connectivity index (χ3n) is 4.32. The summed E-state index contributed by atoms with van der Waals surface area (Å²) in [6, 6.07) is 17.8. The van der Waals surface area contributed by atoms with E-state index < -0.39 is 0 Å². The van der Waals surface area contributed by atoms with Crippen LogP contribution < -0.4 is 5.32 Å². The molecule has 0 radical (unpaired) electrons. The summed E-state index contributed by atoms with van der Waals surface area (Å²) >= 11 is 1.51. The molecule has 0 aliphatic carbocycles. The van der Waals surface area contributed by atoms with E-state index in [0.29, 0.717) is 29.6 Å². The van der Waals surface area contributed by atoms with E-state index >= 15 is 0 Å². The van der Waals surface area contributed by atoms with Crippen molar-refractivity contribution in [1.82, 2.24) is 20.4 Å². The Morgan fingerprint density at radius 1 is 1.14 bits per heavy atom. The number of nitrogens with zero attached hydrogens (tertiary/aromatic N) is 3. The lowest BCUT2D eigenvalue weighted by Gasteiger charge is -2.25. The quantitative estimate of drug-likeness (QED) is 0.586. The lowest BCUT2D eigenvalue weighted by atomic mass is 10.1. The fraction of sp³-hybridized carbons (Fsp3) is 0.286.